The number of methoxy groups -OCH3 is 1. The molecule has 4 heteroatoms. The summed E-state index contributed by atoms with van der Waals surface area (Å²) in [6.45, 7) is 3.19. The normalized spacial score (nSPS) is 16.9. The van der Waals surface area contributed by atoms with Crippen LogP contribution in [0.15, 0.2) is 12.1 Å². The van der Waals surface area contributed by atoms with Crippen molar-refractivity contribution in [3.05, 3.63) is 12.1 Å². The summed E-state index contributed by atoms with van der Waals surface area (Å²) in [5, 5.41) is 3.29. The number of nitrogen functional groups attached to an aromatic ring is 1. The van der Waals surface area contributed by atoms with E-state index in [2.05, 4.69) is 17.2 Å². The van der Waals surface area contributed by atoms with E-state index >= 15 is 0 Å². The number of aromatic nitrogens is 1. The lowest BCUT2D eigenvalue weighted by molar-refractivity contribution is 0.398. The second-order valence-corrected chi connectivity index (χ2v) is 4.49. The molecular formula is C12H19N3O. The molecule has 16 heavy (non-hydrogen) atoms. The molecule has 4 nitrogen and oxygen atoms in total. The predicted octanol–water partition coefficient (Wildman–Crippen LogP) is 2.13. The molecule has 1 aliphatic rings. The highest BCUT2D eigenvalue weighted by atomic mass is 16.5. The largest absolute Gasteiger partial charge is 0.481 e. The molecular weight excluding hydrogens is 202 g/mol. The number of ether oxygens (including phenoxy) is 1. The number of hydrogen-bond donors (Lipinski definition) is 2. The standard InChI is InChI=1S/C12H19N3O/c1-8(9-3-4-9)7-14-12-10(13)5-6-11(15-12)16-2/h5-6,8-9H,3-4,7,13H2,1-2H3,(H,14,15). The van der Waals surface area contributed by atoms with Crippen molar-refractivity contribution in [2.75, 3.05) is 24.7 Å². The Morgan fingerprint density at radius 1 is 1.56 bits per heavy atom. The zero-order valence-corrected chi connectivity index (χ0v) is 9.86. The van der Waals surface area contributed by atoms with Gasteiger partial charge in [0.15, 0.2) is 5.82 Å². The number of pyridine rings is 1. The van der Waals surface area contributed by atoms with Gasteiger partial charge in [-0.3, -0.25) is 0 Å². The van der Waals surface area contributed by atoms with E-state index in [1.807, 2.05) is 6.07 Å². The summed E-state index contributed by atoms with van der Waals surface area (Å²) in [4.78, 5) is 4.28. The monoisotopic (exact) mass is 221 g/mol. The molecule has 0 aromatic carbocycles. The number of anilines is 2. The van der Waals surface area contributed by atoms with Crippen LogP contribution in [0.4, 0.5) is 11.5 Å². The van der Waals surface area contributed by atoms with Gasteiger partial charge in [-0.05, 0) is 30.7 Å². The van der Waals surface area contributed by atoms with Gasteiger partial charge < -0.3 is 15.8 Å². The first-order valence-electron chi connectivity index (χ1n) is 5.75. The van der Waals surface area contributed by atoms with E-state index in [1.165, 1.54) is 12.8 Å². The van der Waals surface area contributed by atoms with Gasteiger partial charge in [-0.15, -0.1) is 0 Å². The van der Waals surface area contributed by atoms with Crippen molar-refractivity contribution in [1.82, 2.24) is 4.98 Å². The topological polar surface area (TPSA) is 60.2 Å². The lowest BCUT2D eigenvalue weighted by Crippen LogP contribution is -2.15. The minimum absolute atomic E-state index is 0.593. The van der Waals surface area contributed by atoms with Crippen molar-refractivity contribution in [3.8, 4) is 5.88 Å². The van der Waals surface area contributed by atoms with Crippen LogP contribution in [0.3, 0.4) is 0 Å². The van der Waals surface area contributed by atoms with Crippen molar-refractivity contribution in [3.63, 3.8) is 0 Å². The smallest absolute Gasteiger partial charge is 0.215 e. The molecule has 0 saturated heterocycles. The number of nitrogens with one attached hydrogen (secondary N) is 1. The fraction of sp³-hybridized carbons (Fsp3) is 0.583. The summed E-state index contributed by atoms with van der Waals surface area (Å²) in [6.07, 6.45) is 2.73. The van der Waals surface area contributed by atoms with E-state index in [-0.39, 0.29) is 0 Å². The quantitative estimate of drug-likeness (QED) is 0.799. The van der Waals surface area contributed by atoms with E-state index in [0.717, 1.165) is 18.3 Å². The van der Waals surface area contributed by atoms with Crippen LogP contribution >= 0.6 is 0 Å². The van der Waals surface area contributed by atoms with E-state index in [4.69, 9.17) is 10.5 Å². The van der Waals surface area contributed by atoms with Gasteiger partial charge in [0.25, 0.3) is 0 Å². The summed E-state index contributed by atoms with van der Waals surface area (Å²) < 4.78 is 5.07. The zero-order chi connectivity index (χ0) is 11.5. The summed E-state index contributed by atoms with van der Waals surface area (Å²) in [5.41, 5.74) is 6.51. The summed E-state index contributed by atoms with van der Waals surface area (Å²) in [7, 11) is 1.61. The fourth-order valence-electron chi connectivity index (χ4n) is 1.80. The van der Waals surface area contributed by atoms with Crippen LogP contribution in [-0.2, 0) is 0 Å². The van der Waals surface area contributed by atoms with Crippen LogP contribution < -0.4 is 15.8 Å². The molecule has 88 valence electrons. The molecule has 1 aromatic heterocycles. The highest BCUT2D eigenvalue weighted by Crippen LogP contribution is 2.36. The minimum Gasteiger partial charge on any atom is -0.481 e. The van der Waals surface area contributed by atoms with Crippen LogP contribution in [0, 0.1) is 11.8 Å². The highest BCUT2D eigenvalue weighted by molar-refractivity contribution is 5.61. The maximum atomic E-state index is 5.84. The second-order valence-electron chi connectivity index (χ2n) is 4.49. The number of rotatable bonds is 5. The van der Waals surface area contributed by atoms with Crippen molar-refractivity contribution < 1.29 is 4.74 Å². The van der Waals surface area contributed by atoms with Crippen LogP contribution in [-0.4, -0.2) is 18.6 Å². The van der Waals surface area contributed by atoms with Crippen molar-refractivity contribution in [2.24, 2.45) is 11.8 Å². The van der Waals surface area contributed by atoms with E-state index < -0.39 is 0 Å². The summed E-state index contributed by atoms with van der Waals surface area (Å²) >= 11 is 0. The third kappa shape index (κ3) is 2.56. The molecule has 0 bridgehead atoms. The van der Waals surface area contributed by atoms with Gasteiger partial charge in [0, 0.05) is 12.6 Å². The molecule has 1 atom stereocenters. The molecule has 1 aliphatic carbocycles. The Bertz CT molecular complexity index is 363. The molecule has 1 fully saturated rings. The van der Waals surface area contributed by atoms with Crippen molar-refractivity contribution >= 4 is 11.5 Å². The first-order valence-corrected chi connectivity index (χ1v) is 5.75. The molecule has 0 radical (unpaired) electrons. The molecule has 3 N–H and O–H groups in total. The van der Waals surface area contributed by atoms with E-state index in [1.54, 1.807) is 13.2 Å². The summed E-state index contributed by atoms with van der Waals surface area (Å²) in [6, 6.07) is 3.58. The maximum Gasteiger partial charge on any atom is 0.215 e. The Morgan fingerprint density at radius 3 is 2.94 bits per heavy atom. The third-order valence-corrected chi connectivity index (χ3v) is 3.13. The van der Waals surface area contributed by atoms with Gasteiger partial charge in [-0.25, -0.2) is 0 Å². The molecule has 0 spiro atoms. The van der Waals surface area contributed by atoms with Gasteiger partial charge in [0.1, 0.15) is 0 Å². The average Bonchev–Trinajstić information content (AvgIpc) is 3.11. The van der Waals surface area contributed by atoms with Gasteiger partial charge in [0.2, 0.25) is 5.88 Å². The average molecular weight is 221 g/mol. The van der Waals surface area contributed by atoms with Gasteiger partial charge >= 0.3 is 0 Å². The highest BCUT2D eigenvalue weighted by Gasteiger charge is 2.27. The lowest BCUT2D eigenvalue weighted by Gasteiger charge is -2.13. The molecule has 0 amide bonds. The predicted molar refractivity (Wildman–Crippen MR) is 65.6 cm³/mol. The molecule has 1 saturated carbocycles. The maximum absolute atomic E-state index is 5.84. The van der Waals surface area contributed by atoms with Crippen LogP contribution in [0.5, 0.6) is 5.88 Å². The zero-order valence-electron chi connectivity index (χ0n) is 9.86. The SMILES string of the molecule is COc1ccc(N)c(NCC(C)C2CC2)n1. The minimum atomic E-state index is 0.593. The van der Waals surface area contributed by atoms with Crippen LogP contribution in [0.25, 0.3) is 0 Å². The Labute approximate surface area is 96.2 Å². The number of hydrogen-bond acceptors (Lipinski definition) is 4. The van der Waals surface area contributed by atoms with Crippen molar-refractivity contribution in [1.29, 1.82) is 0 Å². The lowest BCUT2D eigenvalue weighted by atomic mass is 10.1. The van der Waals surface area contributed by atoms with E-state index in [9.17, 15) is 0 Å². The number of nitrogens with two attached hydrogens (primary N) is 1. The molecule has 1 heterocycles. The Kier molecular flexibility index (Phi) is 3.17. The molecule has 0 aliphatic heterocycles. The van der Waals surface area contributed by atoms with Crippen LogP contribution in [0.2, 0.25) is 0 Å². The molecule has 2 rings (SSSR count). The van der Waals surface area contributed by atoms with Gasteiger partial charge in [0.05, 0.1) is 12.8 Å². The van der Waals surface area contributed by atoms with E-state index in [0.29, 0.717) is 17.5 Å². The number of nitrogens with zero attached hydrogens (tertiary/aromatic N) is 1. The first-order chi connectivity index (χ1) is 7.70. The first kappa shape index (κ1) is 11.0. The third-order valence-electron chi connectivity index (χ3n) is 3.13. The Hall–Kier alpha value is -1.45. The Balaban J connectivity index is 1.96. The molecule has 1 aromatic rings. The summed E-state index contributed by atoms with van der Waals surface area (Å²) in [5.74, 6) is 2.90. The van der Waals surface area contributed by atoms with Gasteiger partial charge in [-0.1, -0.05) is 6.92 Å². The van der Waals surface area contributed by atoms with Crippen molar-refractivity contribution in [2.45, 2.75) is 19.8 Å². The molecule has 1 unspecified atom stereocenters. The van der Waals surface area contributed by atoms with Gasteiger partial charge in [-0.2, -0.15) is 4.98 Å². The van der Waals surface area contributed by atoms with Crippen LogP contribution in [0.1, 0.15) is 19.8 Å². The second kappa shape index (κ2) is 4.60. The Morgan fingerprint density at radius 2 is 2.31 bits per heavy atom. The fourth-order valence-corrected chi connectivity index (χ4v) is 1.80.